The molecule has 5 nitrogen and oxygen atoms in total. The van der Waals surface area contributed by atoms with Gasteiger partial charge in [-0.3, -0.25) is 0 Å². The molecule has 0 aliphatic rings. The van der Waals surface area contributed by atoms with Gasteiger partial charge in [0.2, 0.25) is 10.0 Å². The fraction of sp³-hybridized carbons (Fsp3) is 0.600. The van der Waals surface area contributed by atoms with E-state index in [1.165, 1.54) is 0 Å². The van der Waals surface area contributed by atoms with E-state index >= 15 is 0 Å². The molecule has 0 radical (unpaired) electrons. The van der Waals surface area contributed by atoms with E-state index in [4.69, 9.17) is 10.5 Å². The number of rotatable bonds is 7. The molecular weight excluding hydrogens is 288 g/mol. The van der Waals surface area contributed by atoms with Gasteiger partial charge < -0.3 is 10.5 Å². The third kappa shape index (κ3) is 5.65. The monoisotopic (exact) mass is 314 g/mol. The maximum absolute atomic E-state index is 12.3. The molecule has 0 saturated heterocycles. The first kappa shape index (κ1) is 17.9. The molecule has 0 unspecified atom stereocenters. The van der Waals surface area contributed by atoms with Gasteiger partial charge >= 0.3 is 0 Å². The van der Waals surface area contributed by atoms with Gasteiger partial charge in [-0.2, -0.15) is 0 Å². The average Bonchev–Trinajstić information content (AvgIpc) is 2.42. The molecule has 1 aromatic carbocycles. The smallest absolute Gasteiger partial charge is 0.240 e. The highest BCUT2D eigenvalue weighted by Gasteiger charge is 2.19. The Morgan fingerprint density at radius 1 is 1.29 bits per heavy atom. The lowest BCUT2D eigenvalue weighted by atomic mass is 9.98. The van der Waals surface area contributed by atoms with Crippen LogP contribution in [0.3, 0.4) is 0 Å². The third-order valence-electron chi connectivity index (χ3n) is 2.82. The molecule has 1 aromatic rings. The summed E-state index contributed by atoms with van der Waals surface area (Å²) in [5, 5.41) is 0. The lowest BCUT2D eigenvalue weighted by molar-refractivity contribution is 0.314. The van der Waals surface area contributed by atoms with Gasteiger partial charge in [0, 0.05) is 18.7 Å². The molecule has 6 heteroatoms. The Bertz CT molecular complexity index is 563. The summed E-state index contributed by atoms with van der Waals surface area (Å²) in [6, 6.07) is 4.80. The number of hydrogen-bond donors (Lipinski definition) is 2. The van der Waals surface area contributed by atoms with E-state index in [1.807, 2.05) is 27.7 Å². The van der Waals surface area contributed by atoms with Gasteiger partial charge in [0.1, 0.15) is 5.75 Å². The van der Waals surface area contributed by atoms with Gasteiger partial charge in [0.25, 0.3) is 0 Å². The zero-order chi connectivity index (χ0) is 16.1. The zero-order valence-electron chi connectivity index (χ0n) is 13.3. The van der Waals surface area contributed by atoms with Crippen molar-refractivity contribution < 1.29 is 13.2 Å². The van der Waals surface area contributed by atoms with E-state index in [-0.39, 0.29) is 16.9 Å². The normalized spacial score (nSPS) is 12.4. The Hall–Kier alpha value is -1.11. The summed E-state index contributed by atoms with van der Waals surface area (Å²) in [6.07, 6.45) is 0.886. The molecule has 0 spiro atoms. The summed E-state index contributed by atoms with van der Waals surface area (Å²) in [5.41, 5.74) is 6.26. The molecular formula is C15H26N2O3S. The Balaban J connectivity index is 2.97. The molecule has 120 valence electrons. The fourth-order valence-electron chi connectivity index (χ4n) is 1.63. The molecule has 0 amide bonds. The molecule has 3 N–H and O–H groups in total. The van der Waals surface area contributed by atoms with E-state index in [0.717, 1.165) is 6.42 Å². The molecule has 0 aliphatic carbocycles. The summed E-state index contributed by atoms with van der Waals surface area (Å²) < 4.78 is 32.7. The number of sulfonamides is 1. The third-order valence-corrected chi connectivity index (χ3v) is 4.22. The zero-order valence-corrected chi connectivity index (χ0v) is 14.1. The van der Waals surface area contributed by atoms with Crippen LogP contribution in [0.25, 0.3) is 0 Å². The molecule has 0 aromatic heterocycles. The maximum atomic E-state index is 12.3. The number of hydrogen-bond acceptors (Lipinski definition) is 4. The van der Waals surface area contributed by atoms with Crippen molar-refractivity contribution in [2.75, 3.05) is 13.2 Å². The van der Waals surface area contributed by atoms with Crippen LogP contribution in [0.2, 0.25) is 0 Å². The Morgan fingerprint density at radius 3 is 2.48 bits per heavy atom. The van der Waals surface area contributed by atoms with Crippen LogP contribution in [-0.2, 0) is 16.6 Å². The van der Waals surface area contributed by atoms with Crippen molar-refractivity contribution >= 4 is 10.0 Å². The first-order valence-corrected chi connectivity index (χ1v) is 8.63. The minimum absolute atomic E-state index is 0.117. The van der Waals surface area contributed by atoms with E-state index in [0.29, 0.717) is 24.5 Å². The summed E-state index contributed by atoms with van der Waals surface area (Å²) in [7, 11) is -3.52. The summed E-state index contributed by atoms with van der Waals surface area (Å²) in [6.45, 7) is 9.13. The quantitative estimate of drug-likeness (QED) is 0.809. The average molecular weight is 314 g/mol. The number of nitrogens with one attached hydrogen (secondary N) is 1. The number of ether oxygens (including phenoxy) is 1. The standard InChI is InChI=1S/C15H26N2O3S/c1-5-8-20-14-7-6-13(9-12(14)10-16)21(18,19)17-11-15(2,3)4/h6-7,9,17H,5,8,10-11,16H2,1-4H3. The first-order chi connectivity index (χ1) is 9.69. The SMILES string of the molecule is CCCOc1ccc(S(=O)(=O)NCC(C)(C)C)cc1CN. The summed E-state index contributed by atoms with van der Waals surface area (Å²) in [5.74, 6) is 0.647. The van der Waals surface area contributed by atoms with Crippen LogP contribution in [0.5, 0.6) is 5.75 Å². The lowest BCUT2D eigenvalue weighted by Crippen LogP contribution is -2.32. The molecule has 0 fully saturated rings. The highest BCUT2D eigenvalue weighted by atomic mass is 32.2. The molecule has 0 bridgehead atoms. The highest BCUT2D eigenvalue weighted by Crippen LogP contribution is 2.23. The number of nitrogens with two attached hydrogens (primary N) is 1. The van der Waals surface area contributed by atoms with Crippen molar-refractivity contribution in [2.45, 2.75) is 45.6 Å². The Labute approximate surface area is 127 Å². The second kappa shape index (κ2) is 7.24. The van der Waals surface area contributed by atoms with E-state index in [2.05, 4.69) is 4.72 Å². The van der Waals surface area contributed by atoms with Crippen molar-refractivity contribution in [1.29, 1.82) is 0 Å². The van der Waals surface area contributed by atoms with Gasteiger partial charge in [0.05, 0.1) is 11.5 Å². The van der Waals surface area contributed by atoms with E-state index in [9.17, 15) is 8.42 Å². The first-order valence-electron chi connectivity index (χ1n) is 7.15. The van der Waals surface area contributed by atoms with Crippen LogP contribution in [0.15, 0.2) is 23.1 Å². The fourth-order valence-corrected chi connectivity index (χ4v) is 2.96. The lowest BCUT2D eigenvalue weighted by Gasteiger charge is -2.19. The van der Waals surface area contributed by atoms with Crippen molar-refractivity contribution in [2.24, 2.45) is 11.1 Å². The minimum Gasteiger partial charge on any atom is -0.493 e. The molecule has 0 atom stereocenters. The van der Waals surface area contributed by atoms with Crippen LogP contribution < -0.4 is 15.2 Å². The van der Waals surface area contributed by atoms with Crippen LogP contribution in [0.4, 0.5) is 0 Å². The van der Waals surface area contributed by atoms with Crippen molar-refractivity contribution in [3.8, 4) is 5.75 Å². The Kier molecular flexibility index (Phi) is 6.19. The van der Waals surface area contributed by atoms with Crippen molar-refractivity contribution in [1.82, 2.24) is 4.72 Å². The summed E-state index contributed by atoms with van der Waals surface area (Å²) >= 11 is 0. The van der Waals surface area contributed by atoms with Crippen LogP contribution in [0, 0.1) is 5.41 Å². The largest absolute Gasteiger partial charge is 0.493 e. The van der Waals surface area contributed by atoms with Crippen LogP contribution in [-0.4, -0.2) is 21.6 Å². The predicted octanol–water partition coefficient (Wildman–Crippen LogP) is 2.26. The van der Waals surface area contributed by atoms with Crippen molar-refractivity contribution in [3.63, 3.8) is 0 Å². The number of benzene rings is 1. The Morgan fingerprint density at radius 2 is 1.95 bits per heavy atom. The second-order valence-corrected chi connectivity index (χ2v) is 7.97. The van der Waals surface area contributed by atoms with Crippen molar-refractivity contribution in [3.05, 3.63) is 23.8 Å². The molecule has 0 aliphatic heterocycles. The van der Waals surface area contributed by atoms with Gasteiger partial charge in [-0.25, -0.2) is 13.1 Å². The van der Waals surface area contributed by atoms with Gasteiger partial charge in [0.15, 0.2) is 0 Å². The second-order valence-electron chi connectivity index (χ2n) is 6.21. The van der Waals surface area contributed by atoms with E-state index in [1.54, 1.807) is 18.2 Å². The maximum Gasteiger partial charge on any atom is 0.240 e. The molecule has 0 saturated carbocycles. The minimum atomic E-state index is -3.52. The van der Waals surface area contributed by atoms with Gasteiger partial charge in [-0.1, -0.05) is 27.7 Å². The summed E-state index contributed by atoms with van der Waals surface area (Å²) in [4.78, 5) is 0.219. The predicted molar refractivity (Wildman–Crippen MR) is 84.8 cm³/mol. The molecule has 21 heavy (non-hydrogen) atoms. The van der Waals surface area contributed by atoms with Crippen LogP contribution in [0.1, 0.15) is 39.7 Å². The van der Waals surface area contributed by atoms with Gasteiger partial charge in [-0.15, -0.1) is 0 Å². The highest BCUT2D eigenvalue weighted by molar-refractivity contribution is 7.89. The molecule has 1 rings (SSSR count). The van der Waals surface area contributed by atoms with E-state index < -0.39 is 10.0 Å². The van der Waals surface area contributed by atoms with Crippen LogP contribution >= 0.6 is 0 Å². The van der Waals surface area contributed by atoms with Gasteiger partial charge in [-0.05, 0) is 30.0 Å². The molecule has 0 heterocycles. The topological polar surface area (TPSA) is 81.4 Å².